The monoisotopic (exact) mass is 355 g/mol. The molecule has 1 rings (SSSR count). The van der Waals surface area contributed by atoms with Gasteiger partial charge in [0.1, 0.15) is 0 Å². The lowest BCUT2D eigenvalue weighted by molar-refractivity contribution is -0.122. The molecule has 2 amide bonds. The van der Waals surface area contributed by atoms with Crippen LogP contribution in [0.15, 0.2) is 28.7 Å². The number of hydrogen-bond donors (Lipinski definition) is 3. The van der Waals surface area contributed by atoms with Crippen LogP contribution in [0.5, 0.6) is 0 Å². The van der Waals surface area contributed by atoms with Crippen molar-refractivity contribution in [2.75, 3.05) is 18.4 Å². The summed E-state index contributed by atoms with van der Waals surface area (Å²) in [6.07, 6.45) is 1.28. The second-order valence-corrected chi connectivity index (χ2v) is 5.77. The molecule has 0 aliphatic carbocycles. The number of halogens is 1. The van der Waals surface area contributed by atoms with Crippen molar-refractivity contribution in [1.82, 2.24) is 10.6 Å². The van der Waals surface area contributed by atoms with Crippen LogP contribution < -0.4 is 16.0 Å². The molecule has 0 aromatic heterocycles. The molecule has 0 aliphatic heterocycles. The molecule has 1 aromatic carbocycles. The van der Waals surface area contributed by atoms with Gasteiger partial charge in [-0.25, -0.2) is 0 Å². The molecule has 0 radical (unpaired) electrons. The third kappa shape index (κ3) is 7.82. The SMILES string of the molecule is CCC(C)NC(=O)CCNCC(=O)Nc1ccc(Br)cc1. The first kappa shape index (κ1) is 17.7. The third-order valence-electron chi connectivity index (χ3n) is 2.96. The van der Waals surface area contributed by atoms with Gasteiger partial charge in [-0.3, -0.25) is 9.59 Å². The highest BCUT2D eigenvalue weighted by molar-refractivity contribution is 9.10. The quantitative estimate of drug-likeness (QED) is 0.626. The molecule has 5 nitrogen and oxygen atoms in total. The van der Waals surface area contributed by atoms with Crippen molar-refractivity contribution >= 4 is 33.4 Å². The van der Waals surface area contributed by atoms with Crippen LogP contribution in [0.1, 0.15) is 26.7 Å². The van der Waals surface area contributed by atoms with Crippen LogP contribution >= 0.6 is 15.9 Å². The summed E-state index contributed by atoms with van der Waals surface area (Å²) in [6, 6.07) is 7.56. The fraction of sp³-hybridized carbons (Fsp3) is 0.467. The van der Waals surface area contributed by atoms with E-state index in [1.807, 2.05) is 38.1 Å². The molecule has 21 heavy (non-hydrogen) atoms. The van der Waals surface area contributed by atoms with E-state index in [2.05, 4.69) is 31.9 Å². The van der Waals surface area contributed by atoms with Gasteiger partial charge in [-0.2, -0.15) is 0 Å². The highest BCUT2D eigenvalue weighted by Gasteiger charge is 2.06. The number of rotatable bonds is 8. The molecule has 1 atom stereocenters. The molecule has 116 valence electrons. The Balaban J connectivity index is 2.16. The normalized spacial score (nSPS) is 11.8. The molecule has 0 saturated heterocycles. The summed E-state index contributed by atoms with van der Waals surface area (Å²) in [4.78, 5) is 23.2. The van der Waals surface area contributed by atoms with Crippen LogP contribution in [0.2, 0.25) is 0 Å². The van der Waals surface area contributed by atoms with Gasteiger partial charge >= 0.3 is 0 Å². The molecule has 0 heterocycles. The fourth-order valence-electron chi connectivity index (χ4n) is 1.59. The topological polar surface area (TPSA) is 70.2 Å². The Hall–Kier alpha value is -1.40. The zero-order valence-corrected chi connectivity index (χ0v) is 14.0. The summed E-state index contributed by atoms with van der Waals surface area (Å²) in [5.41, 5.74) is 0.750. The Bertz CT molecular complexity index is 462. The van der Waals surface area contributed by atoms with Gasteiger partial charge in [0, 0.05) is 29.2 Å². The van der Waals surface area contributed by atoms with Gasteiger partial charge in [-0.1, -0.05) is 22.9 Å². The van der Waals surface area contributed by atoms with E-state index in [9.17, 15) is 9.59 Å². The van der Waals surface area contributed by atoms with Gasteiger partial charge in [0.05, 0.1) is 6.54 Å². The lowest BCUT2D eigenvalue weighted by Crippen LogP contribution is -2.35. The smallest absolute Gasteiger partial charge is 0.238 e. The van der Waals surface area contributed by atoms with E-state index in [1.54, 1.807) is 0 Å². The maximum atomic E-state index is 11.7. The van der Waals surface area contributed by atoms with Gasteiger partial charge in [-0.15, -0.1) is 0 Å². The van der Waals surface area contributed by atoms with Gasteiger partial charge in [-0.05, 0) is 37.6 Å². The second kappa shape index (κ2) is 9.52. The van der Waals surface area contributed by atoms with Crippen LogP contribution in [-0.4, -0.2) is 30.9 Å². The maximum absolute atomic E-state index is 11.7. The Kier molecular flexibility index (Phi) is 8.00. The highest BCUT2D eigenvalue weighted by Crippen LogP contribution is 2.13. The Morgan fingerprint density at radius 2 is 1.86 bits per heavy atom. The van der Waals surface area contributed by atoms with Crippen molar-refractivity contribution in [2.45, 2.75) is 32.7 Å². The molecular weight excluding hydrogens is 334 g/mol. The van der Waals surface area contributed by atoms with Crippen molar-refractivity contribution in [2.24, 2.45) is 0 Å². The average Bonchev–Trinajstić information content (AvgIpc) is 2.46. The van der Waals surface area contributed by atoms with E-state index in [-0.39, 0.29) is 24.4 Å². The van der Waals surface area contributed by atoms with E-state index in [0.29, 0.717) is 13.0 Å². The maximum Gasteiger partial charge on any atom is 0.238 e. The Morgan fingerprint density at radius 3 is 2.48 bits per heavy atom. The molecule has 0 aliphatic rings. The number of benzene rings is 1. The molecule has 1 unspecified atom stereocenters. The minimum Gasteiger partial charge on any atom is -0.354 e. The summed E-state index contributed by atoms with van der Waals surface area (Å²) in [5.74, 6) is -0.121. The molecule has 0 bridgehead atoms. The number of carbonyl (C=O) groups excluding carboxylic acids is 2. The number of anilines is 1. The number of carbonyl (C=O) groups is 2. The van der Waals surface area contributed by atoms with Crippen LogP contribution in [-0.2, 0) is 9.59 Å². The Morgan fingerprint density at radius 1 is 1.19 bits per heavy atom. The summed E-state index contributed by atoms with van der Waals surface area (Å²) in [7, 11) is 0. The standard InChI is InChI=1S/C15H22BrN3O2/c1-3-11(2)18-14(20)8-9-17-10-15(21)19-13-6-4-12(16)5-7-13/h4-7,11,17H,3,8-10H2,1-2H3,(H,18,20)(H,19,21). The van der Waals surface area contributed by atoms with E-state index < -0.39 is 0 Å². The van der Waals surface area contributed by atoms with Crippen molar-refractivity contribution in [3.8, 4) is 0 Å². The van der Waals surface area contributed by atoms with E-state index in [0.717, 1.165) is 16.6 Å². The number of nitrogens with one attached hydrogen (secondary N) is 3. The zero-order chi connectivity index (χ0) is 15.7. The third-order valence-corrected chi connectivity index (χ3v) is 3.49. The molecule has 0 saturated carbocycles. The lowest BCUT2D eigenvalue weighted by Gasteiger charge is -2.11. The first-order chi connectivity index (χ1) is 10.0. The van der Waals surface area contributed by atoms with E-state index >= 15 is 0 Å². The molecule has 6 heteroatoms. The summed E-state index contributed by atoms with van der Waals surface area (Å²) in [5, 5.41) is 8.61. The van der Waals surface area contributed by atoms with Crippen LogP contribution in [0.3, 0.4) is 0 Å². The minimum absolute atomic E-state index is 0.00478. The van der Waals surface area contributed by atoms with Gasteiger partial charge < -0.3 is 16.0 Å². The van der Waals surface area contributed by atoms with Gasteiger partial charge in [0.2, 0.25) is 11.8 Å². The predicted octanol–water partition coefficient (Wildman–Crippen LogP) is 2.28. The van der Waals surface area contributed by atoms with Crippen molar-refractivity contribution < 1.29 is 9.59 Å². The molecule has 0 fully saturated rings. The fourth-order valence-corrected chi connectivity index (χ4v) is 1.86. The second-order valence-electron chi connectivity index (χ2n) is 4.86. The highest BCUT2D eigenvalue weighted by atomic mass is 79.9. The lowest BCUT2D eigenvalue weighted by atomic mass is 10.2. The number of hydrogen-bond acceptors (Lipinski definition) is 3. The van der Waals surface area contributed by atoms with Crippen LogP contribution in [0.25, 0.3) is 0 Å². The molecular formula is C15H22BrN3O2. The average molecular weight is 356 g/mol. The predicted molar refractivity (Wildman–Crippen MR) is 88.2 cm³/mol. The summed E-state index contributed by atoms with van der Waals surface area (Å²) in [6.45, 7) is 4.66. The van der Waals surface area contributed by atoms with Crippen LogP contribution in [0, 0.1) is 0 Å². The first-order valence-electron chi connectivity index (χ1n) is 7.06. The molecule has 0 spiro atoms. The minimum atomic E-state index is -0.125. The number of amides is 2. The summed E-state index contributed by atoms with van der Waals surface area (Å²) < 4.78 is 0.964. The first-order valence-corrected chi connectivity index (χ1v) is 7.86. The molecule has 1 aromatic rings. The molecule has 3 N–H and O–H groups in total. The van der Waals surface area contributed by atoms with Gasteiger partial charge in [0.15, 0.2) is 0 Å². The largest absolute Gasteiger partial charge is 0.354 e. The van der Waals surface area contributed by atoms with Crippen molar-refractivity contribution in [3.05, 3.63) is 28.7 Å². The van der Waals surface area contributed by atoms with Gasteiger partial charge in [0.25, 0.3) is 0 Å². The van der Waals surface area contributed by atoms with Crippen molar-refractivity contribution in [1.29, 1.82) is 0 Å². The summed E-state index contributed by atoms with van der Waals surface area (Å²) >= 11 is 3.34. The Labute approximate surface area is 134 Å². The van der Waals surface area contributed by atoms with E-state index in [1.165, 1.54) is 0 Å². The van der Waals surface area contributed by atoms with Crippen LogP contribution in [0.4, 0.5) is 5.69 Å². The zero-order valence-electron chi connectivity index (χ0n) is 12.4. The van der Waals surface area contributed by atoms with Crippen molar-refractivity contribution in [3.63, 3.8) is 0 Å². The van der Waals surface area contributed by atoms with E-state index in [4.69, 9.17) is 0 Å².